The highest BCUT2D eigenvalue weighted by atomic mass is 19.1. The molecule has 0 fully saturated rings. The topological polar surface area (TPSA) is 85.9 Å². The summed E-state index contributed by atoms with van der Waals surface area (Å²) in [5.41, 5.74) is 2.37. The quantitative estimate of drug-likeness (QED) is 0.563. The third-order valence-corrected chi connectivity index (χ3v) is 4.97. The van der Waals surface area contributed by atoms with Gasteiger partial charge in [0.1, 0.15) is 12.4 Å². The van der Waals surface area contributed by atoms with Crippen LogP contribution in [0.25, 0.3) is 0 Å². The van der Waals surface area contributed by atoms with E-state index in [4.69, 9.17) is 14.2 Å². The van der Waals surface area contributed by atoms with Gasteiger partial charge < -0.3 is 24.8 Å². The summed E-state index contributed by atoms with van der Waals surface area (Å²) in [5, 5.41) is 5.52. The maximum absolute atomic E-state index is 13.1. The first-order valence-electron chi connectivity index (χ1n) is 10.5. The molecule has 0 aliphatic carbocycles. The van der Waals surface area contributed by atoms with E-state index in [0.717, 1.165) is 12.0 Å². The zero-order chi connectivity index (χ0) is 23.1. The lowest BCUT2D eigenvalue weighted by Gasteiger charge is -2.29. The van der Waals surface area contributed by atoms with E-state index in [1.54, 1.807) is 30.3 Å². The van der Waals surface area contributed by atoms with Gasteiger partial charge in [-0.05, 0) is 48.7 Å². The number of benzene rings is 2. The van der Waals surface area contributed by atoms with Crippen molar-refractivity contribution in [1.82, 2.24) is 10.6 Å². The van der Waals surface area contributed by atoms with Crippen LogP contribution < -0.4 is 20.1 Å². The number of esters is 1. The molecular formula is C24H27FN2O5. The molecule has 2 N–H and O–H groups in total. The van der Waals surface area contributed by atoms with Crippen molar-refractivity contribution in [3.8, 4) is 11.5 Å². The first kappa shape index (κ1) is 23.1. The Morgan fingerprint density at radius 3 is 2.47 bits per heavy atom. The molecule has 0 bridgehead atoms. The number of amides is 2. The summed E-state index contributed by atoms with van der Waals surface area (Å²) in [4.78, 5) is 24.8. The third kappa shape index (κ3) is 5.38. The van der Waals surface area contributed by atoms with Crippen LogP contribution in [0.3, 0.4) is 0 Å². The van der Waals surface area contributed by atoms with Crippen molar-refractivity contribution in [2.24, 2.45) is 0 Å². The van der Waals surface area contributed by atoms with Gasteiger partial charge in [-0.1, -0.05) is 31.5 Å². The number of nitrogens with one attached hydrogen (secondary N) is 2. The number of allylic oxidation sites excluding steroid dienone is 1. The lowest BCUT2D eigenvalue weighted by atomic mass is 9.93. The van der Waals surface area contributed by atoms with Crippen molar-refractivity contribution in [2.75, 3.05) is 13.7 Å². The van der Waals surface area contributed by atoms with Crippen LogP contribution in [0, 0.1) is 5.82 Å². The summed E-state index contributed by atoms with van der Waals surface area (Å²) in [6.45, 7) is 4.45. The monoisotopic (exact) mass is 442 g/mol. The highest BCUT2D eigenvalue weighted by Crippen LogP contribution is 2.35. The zero-order valence-corrected chi connectivity index (χ0v) is 18.4. The van der Waals surface area contributed by atoms with Gasteiger partial charge in [0.2, 0.25) is 0 Å². The maximum Gasteiger partial charge on any atom is 0.337 e. The van der Waals surface area contributed by atoms with Gasteiger partial charge in [-0.3, -0.25) is 0 Å². The van der Waals surface area contributed by atoms with Gasteiger partial charge in [0.25, 0.3) is 0 Å². The molecule has 1 aliphatic rings. The van der Waals surface area contributed by atoms with Crippen LogP contribution >= 0.6 is 0 Å². The van der Waals surface area contributed by atoms with Crippen LogP contribution in [0.5, 0.6) is 11.5 Å². The fourth-order valence-corrected chi connectivity index (χ4v) is 3.50. The van der Waals surface area contributed by atoms with E-state index in [-0.39, 0.29) is 18.5 Å². The number of carbonyl (C=O) groups is 2. The molecule has 2 aromatic rings. The Balaban J connectivity index is 1.93. The molecule has 3 rings (SSSR count). The van der Waals surface area contributed by atoms with Crippen LogP contribution in [-0.2, 0) is 16.1 Å². The second-order valence-electron chi connectivity index (χ2n) is 7.22. The Morgan fingerprint density at radius 2 is 1.81 bits per heavy atom. The molecule has 2 amide bonds. The van der Waals surface area contributed by atoms with Gasteiger partial charge >= 0.3 is 12.0 Å². The minimum absolute atomic E-state index is 0.234. The molecular weight excluding hydrogens is 415 g/mol. The molecule has 1 heterocycles. The molecule has 0 aromatic heterocycles. The first-order valence-corrected chi connectivity index (χ1v) is 10.5. The molecule has 0 saturated carbocycles. The van der Waals surface area contributed by atoms with E-state index in [2.05, 4.69) is 10.6 Å². The molecule has 0 saturated heterocycles. The smallest absolute Gasteiger partial charge is 0.337 e. The van der Waals surface area contributed by atoms with Crippen LogP contribution in [-0.4, -0.2) is 25.7 Å². The Morgan fingerprint density at radius 1 is 1.06 bits per heavy atom. The highest BCUT2D eigenvalue weighted by molar-refractivity contribution is 5.95. The Kier molecular flexibility index (Phi) is 7.70. The van der Waals surface area contributed by atoms with E-state index < -0.39 is 12.0 Å². The molecule has 170 valence electrons. The van der Waals surface area contributed by atoms with E-state index >= 15 is 0 Å². The van der Waals surface area contributed by atoms with E-state index in [1.807, 2.05) is 13.8 Å². The first-order chi connectivity index (χ1) is 15.5. The van der Waals surface area contributed by atoms with Crippen molar-refractivity contribution in [3.05, 3.63) is 70.7 Å². The van der Waals surface area contributed by atoms with Gasteiger partial charge in [0, 0.05) is 5.70 Å². The highest BCUT2D eigenvalue weighted by Gasteiger charge is 2.33. The number of methoxy groups -OCH3 is 1. The molecule has 2 aromatic carbocycles. The standard InChI is InChI=1S/C24H27FN2O5/c1-4-6-18-21(23(28)30-3)22(27-24(29)26-18)16-9-12-19(20(13-16)31-5-2)32-14-15-7-10-17(25)11-8-15/h7-13,22H,4-6,14H2,1-3H3,(H2,26,27,29). The molecule has 32 heavy (non-hydrogen) atoms. The summed E-state index contributed by atoms with van der Waals surface area (Å²) >= 11 is 0. The van der Waals surface area contributed by atoms with Crippen LogP contribution in [0.15, 0.2) is 53.7 Å². The number of ether oxygens (including phenoxy) is 3. The van der Waals surface area contributed by atoms with Gasteiger partial charge in [0.05, 0.1) is 25.3 Å². The average Bonchev–Trinajstić information content (AvgIpc) is 2.79. The largest absolute Gasteiger partial charge is 0.490 e. The molecule has 1 aliphatic heterocycles. The number of urea groups is 1. The number of hydrogen-bond donors (Lipinski definition) is 2. The van der Waals surface area contributed by atoms with Crippen LogP contribution in [0.1, 0.15) is 43.9 Å². The van der Waals surface area contributed by atoms with Gasteiger partial charge in [-0.2, -0.15) is 0 Å². The molecule has 1 atom stereocenters. The summed E-state index contributed by atoms with van der Waals surface area (Å²) < 4.78 is 29.7. The van der Waals surface area contributed by atoms with Crippen molar-refractivity contribution < 1.29 is 28.2 Å². The number of carbonyl (C=O) groups excluding carboxylic acids is 2. The Labute approximate surface area is 186 Å². The lowest BCUT2D eigenvalue weighted by molar-refractivity contribution is -0.136. The van der Waals surface area contributed by atoms with Gasteiger partial charge in [-0.15, -0.1) is 0 Å². The summed E-state index contributed by atoms with van der Waals surface area (Å²) in [5.74, 6) is 0.147. The van der Waals surface area contributed by atoms with E-state index in [1.165, 1.54) is 19.2 Å². The molecule has 7 nitrogen and oxygen atoms in total. The van der Waals surface area contributed by atoms with Crippen molar-refractivity contribution in [2.45, 2.75) is 39.3 Å². The van der Waals surface area contributed by atoms with E-state index in [9.17, 15) is 14.0 Å². The number of hydrogen-bond acceptors (Lipinski definition) is 5. The van der Waals surface area contributed by atoms with Crippen molar-refractivity contribution in [3.63, 3.8) is 0 Å². The average molecular weight is 442 g/mol. The summed E-state index contributed by atoms with van der Waals surface area (Å²) in [6.07, 6.45) is 1.29. The van der Waals surface area contributed by atoms with Crippen LogP contribution in [0.2, 0.25) is 0 Å². The molecule has 0 spiro atoms. The molecule has 8 heteroatoms. The van der Waals surface area contributed by atoms with Crippen molar-refractivity contribution >= 4 is 12.0 Å². The minimum Gasteiger partial charge on any atom is -0.490 e. The van der Waals surface area contributed by atoms with E-state index in [0.29, 0.717) is 41.4 Å². The fraction of sp³-hybridized carbons (Fsp3) is 0.333. The normalized spacial score (nSPS) is 15.6. The third-order valence-electron chi connectivity index (χ3n) is 4.97. The Hall–Kier alpha value is -3.55. The summed E-state index contributed by atoms with van der Waals surface area (Å²) in [6, 6.07) is 10.2. The SMILES string of the molecule is CCCC1=C(C(=O)OC)C(c2ccc(OCc3ccc(F)cc3)c(OCC)c2)NC(=O)N1. The second-order valence-corrected chi connectivity index (χ2v) is 7.22. The summed E-state index contributed by atoms with van der Waals surface area (Å²) in [7, 11) is 1.31. The zero-order valence-electron chi connectivity index (χ0n) is 18.4. The maximum atomic E-state index is 13.1. The van der Waals surface area contributed by atoms with Gasteiger partial charge in [0.15, 0.2) is 11.5 Å². The van der Waals surface area contributed by atoms with Crippen molar-refractivity contribution in [1.29, 1.82) is 0 Å². The molecule has 0 radical (unpaired) electrons. The molecule has 1 unspecified atom stereocenters. The lowest BCUT2D eigenvalue weighted by Crippen LogP contribution is -2.45. The Bertz CT molecular complexity index is 1000. The fourth-order valence-electron chi connectivity index (χ4n) is 3.50. The number of halogens is 1. The van der Waals surface area contributed by atoms with Crippen LogP contribution in [0.4, 0.5) is 9.18 Å². The predicted molar refractivity (Wildman–Crippen MR) is 117 cm³/mol. The number of rotatable bonds is 9. The predicted octanol–water partition coefficient (Wildman–Crippen LogP) is 4.38. The minimum atomic E-state index is -0.692. The van der Waals surface area contributed by atoms with Gasteiger partial charge in [-0.25, -0.2) is 14.0 Å². The second kappa shape index (κ2) is 10.7.